The molecule has 0 unspecified atom stereocenters. The Labute approximate surface area is 108 Å². The number of carbonyl (C=O) groups excluding carboxylic acids is 1. The quantitative estimate of drug-likeness (QED) is 0.819. The van der Waals surface area contributed by atoms with Gasteiger partial charge in [-0.25, -0.2) is 0 Å². The number of benzene rings is 1. The van der Waals surface area contributed by atoms with Gasteiger partial charge in [0.1, 0.15) is 0 Å². The highest BCUT2D eigenvalue weighted by Crippen LogP contribution is 2.16. The second-order valence-corrected chi connectivity index (χ2v) is 5.61. The Morgan fingerprint density at radius 1 is 1.29 bits per heavy atom. The van der Waals surface area contributed by atoms with Crippen LogP contribution in [0.5, 0.6) is 0 Å². The second-order valence-electron chi connectivity index (χ2n) is 5.20. The van der Waals surface area contributed by atoms with E-state index in [-0.39, 0.29) is 11.3 Å². The minimum atomic E-state index is -0.315. The van der Waals surface area contributed by atoms with Gasteiger partial charge in [0.2, 0.25) is 5.91 Å². The fourth-order valence-electron chi connectivity index (χ4n) is 1.45. The predicted molar refractivity (Wildman–Crippen MR) is 72.2 cm³/mol. The van der Waals surface area contributed by atoms with Crippen molar-refractivity contribution in [1.82, 2.24) is 5.32 Å². The molecule has 1 rings (SSSR count). The van der Waals surface area contributed by atoms with Crippen LogP contribution in [-0.2, 0) is 11.2 Å². The number of aryl methyl sites for hydroxylation is 1. The summed E-state index contributed by atoms with van der Waals surface area (Å²) in [5.41, 5.74) is 0.823. The van der Waals surface area contributed by atoms with Crippen molar-refractivity contribution in [2.24, 2.45) is 5.41 Å². The van der Waals surface area contributed by atoms with Crippen LogP contribution in [-0.4, -0.2) is 12.5 Å². The maximum atomic E-state index is 11.6. The Bertz CT molecular complexity index is 382. The third-order valence-corrected chi connectivity index (χ3v) is 2.92. The van der Waals surface area contributed by atoms with Crippen LogP contribution in [0.2, 0.25) is 5.02 Å². The molecule has 1 amide bonds. The summed E-state index contributed by atoms with van der Waals surface area (Å²) in [7, 11) is 0. The van der Waals surface area contributed by atoms with E-state index < -0.39 is 0 Å². The fourth-order valence-corrected chi connectivity index (χ4v) is 1.68. The Morgan fingerprint density at radius 2 is 1.94 bits per heavy atom. The van der Waals surface area contributed by atoms with Crippen LogP contribution in [0.3, 0.4) is 0 Å². The lowest BCUT2D eigenvalue weighted by Crippen LogP contribution is -2.35. The summed E-state index contributed by atoms with van der Waals surface area (Å²) in [4.78, 5) is 11.6. The monoisotopic (exact) mass is 253 g/mol. The average Bonchev–Trinajstić information content (AvgIpc) is 2.25. The summed E-state index contributed by atoms with van der Waals surface area (Å²) < 4.78 is 0. The van der Waals surface area contributed by atoms with Crippen LogP contribution >= 0.6 is 11.6 Å². The largest absolute Gasteiger partial charge is 0.356 e. The smallest absolute Gasteiger partial charge is 0.225 e. The summed E-state index contributed by atoms with van der Waals surface area (Å²) >= 11 is 6.05. The normalized spacial score (nSPS) is 11.3. The molecular formula is C14H20ClNO. The number of nitrogens with one attached hydrogen (secondary N) is 1. The lowest BCUT2D eigenvalue weighted by Gasteiger charge is -2.17. The molecule has 1 N–H and O–H groups in total. The lowest BCUT2D eigenvalue weighted by atomic mass is 9.95. The van der Waals surface area contributed by atoms with Crippen LogP contribution in [0.15, 0.2) is 24.3 Å². The first-order chi connectivity index (χ1) is 7.91. The lowest BCUT2D eigenvalue weighted by molar-refractivity contribution is -0.128. The van der Waals surface area contributed by atoms with E-state index in [9.17, 15) is 4.79 Å². The van der Waals surface area contributed by atoms with E-state index in [0.717, 1.165) is 23.4 Å². The minimum absolute atomic E-state index is 0.0941. The molecule has 0 saturated heterocycles. The van der Waals surface area contributed by atoms with E-state index in [4.69, 9.17) is 11.6 Å². The highest BCUT2D eigenvalue weighted by molar-refractivity contribution is 6.31. The molecule has 0 fully saturated rings. The molecule has 0 heterocycles. The van der Waals surface area contributed by atoms with Crippen LogP contribution in [0, 0.1) is 5.41 Å². The Balaban J connectivity index is 2.30. The molecule has 2 nitrogen and oxygen atoms in total. The number of hydrogen-bond donors (Lipinski definition) is 1. The van der Waals surface area contributed by atoms with Gasteiger partial charge in [0.25, 0.3) is 0 Å². The van der Waals surface area contributed by atoms with Gasteiger partial charge in [0, 0.05) is 17.0 Å². The third kappa shape index (κ3) is 4.78. The average molecular weight is 254 g/mol. The van der Waals surface area contributed by atoms with Gasteiger partial charge < -0.3 is 5.32 Å². The van der Waals surface area contributed by atoms with E-state index >= 15 is 0 Å². The molecule has 3 heteroatoms. The number of carbonyl (C=O) groups is 1. The van der Waals surface area contributed by atoms with E-state index in [1.54, 1.807) is 0 Å². The number of amides is 1. The van der Waals surface area contributed by atoms with Crippen LogP contribution in [0.4, 0.5) is 0 Å². The maximum absolute atomic E-state index is 11.6. The molecule has 94 valence electrons. The summed E-state index contributed by atoms with van der Waals surface area (Å²) in [6.45, 7) is 6.44. The summed E-state index contributed by atoms with van der Waals surface area (Å²) in [6.07, 6.45) is 1.80. The minimum Gasteiger partial charge on any atom is -0.356 e. The van der Waals surface area contributed by atoms with Gasteiger partial charge >= 0.3 is 0 Å². The van der Waals surface area contributed by atoms with Gasteiger partial charge in [0.15, 0.2) is 0 Å². The van der Waals surface area contributed by atoms with Crippen LogP contribution in [0.1, 0.15) is 32.8 Å². The highest BCUT2D eigenvalue weighted by atomic mass is 35.5. The molecule has 1 aromatic rings. The van der Waals surface area contributed by atoms with E-state index in [0.29, 0.717) is 6.54 Å². The highest BCUT2D eigenvalue weighted by Gasteiger charge is 2.20. The number of hydrogen-bond acceptors (Lipinski definition) is 1. The molecule has 0 aliphatic heterocycles. The summed E-state index contributed by atoms with van der Waals surface area (Å²) in [5.74, 6) is 0.0941. The molecule has 0 aromatic heterocycles. The Morgan fingerprint density at radius 3 is 2.53 bits per heavy atom. The fraction of sp³-hybridized carbons (Fsp3) is 0.500. The first kappa shape index (κ1) is 14.0. The van der Waals surface area contributed by atoms with Crippen molar-refractivity contribution in [1.29, 1.82) is 0 Å². The second kappa shape index (κ2) is 6.06. The molecule has 0 atom stereocenters. The molecule has 0 aliphatic carbocycles. The van der Waals surface area contributed by atoms with Crippen molar-refractivity contribution in [3.05, 3.63) is 34.9 Å². The first-order valence-corrected chi connectivity index (χ1v) is 6.31. The molecule has 0 spiro atoms. The zero-order valence-electron chi connectivity index (χ0n) is 10.7. The number of halogens is 1. The van der Waals surface area contributed by atoms with Crippen molar-refractivity contribution in [2.45, 2.75) is 33.6 Å². The van der Waals surface area contributed by atoms with Crippen molar-refractivity contribution >= 4 is 17.5 Å². The zero-order valence-corrected chi connectivity index (χ0v) is 11.5. The van der Waals surface area contributed by atoms with Crippen molar-refractivity contribution < 1.29 is 4.79 Å². The molecular weight excluding hydrogens is 234 g/mol. The van der Waals surface area contributed by atoms with E-state index in [2.05, 4.69) is 5.32 Å². The van der Waals surface area contributed by atoms with Crippen molar-refractivity contribution in [3.63, 3.8) is 0 Å². The van der Waals surface area contributed by atoms with Gasteiger partial charge in [-0.1, -0.05) is 50.6 Å². The summed E-state index contributed by atoms with van der Waals surface area (Å²) in [5, 5.41) is 3.73. The van der Waals surface area contributed by atoms with Crippen LogP contribution < -0.4 is 5.32 Å². The molecule has 0 saturated carbocycles. The number of rotatable bonds is 4. The maximum Gasteiger partial charge on any atom is 0.225 e. The summed E-state index contributed by atoms with van der Waals surface area (Å²) in [6, 6.07) is 7.82. The Hall–Kier alpha value is -1.02. The van der Waals surface area contributed by atoms with E-state index in [1.807, 2.05) is 45.0 Å². The molecule has 17 heavy (non-hydrogen) atoms. The first-order valence-electron chi connectivity index (χ1n) is 5.93. The zero-order chi connectivity index (χ0) is 12.9. The molecule has 0 radical (unpaired) electrons. The molecule has 0 bridgehead atoms. The SMILES string of the molecule is CC(C)(C)C(=O)NCCCc1ccccc1Cl. The van der Waals surface area contributed by atoms with Gasteiger partial charge in [0.05, 0.1) is 0 Å². The van der Waals surface area contributed by atoms with Crippen molar-refractivity contribution in [2.75, 3.05) is 6.54 Å². The predicted octanol–water partition coefficient (Wildman–Crippen LogP) is 3.43. The molecule has 1 aromatic carbocycles. The van der Waals surface area contributed by atoms with Gasteiger partial charge in [-0.3, -0.25) is 4.79 Å². The van der Waals surface area contributed by atoms with Gasteiger partial charge in [-0.15, -0.1) is 0 Å². The Kier molecular flexibility index (Phi) is 5.01. The van der Waals surface area contributed by atoms with Crippen LogP contribution in [0.25, 0.3) is 0 Å². The van der Waals surface area contributed by atoms with Crippen molar-refractivity contribution in [3.8, 4) is 0 Å². The topological polar surface area (TPSA) is 29.1 Å². The molecule has 0 aliphatic rings. The van der Waals surface area contributed by atoms with E-state index in [1.165, 1.54) is 0 Å². The van der Waals surface area contributed by atoms with Gasteiger partial charge in [-0.05, 0) is 24.5 Å². The van der Waals surface area contributed by atoms with Gasteiger partial charge in [-0.2, -0.15) is 0 Å². The standard InChI is InChI=1S/C14H20ClNO/c1-14(2,3)13(17)16-10-6-8-11-7-4-5-9-12(11)15/h4-5,7,9H,6,8,10H2,1-3H3,(H,16,17). The third-order valence-electron chi connectivity index (χ3n) is 2.55.